The minimum atomic E-state index is 0.350. The lowest BCUT2D eigenvalue weighted by atomic mass is 10.3. The summed E-state index contributed by atoms with van der Waals surface area (Å²) in [5, 5.41) is 0. The van der Waals surface area contributed by atoms with E-state index in [-0.39, 0.29) is 0 Å². The van der Waals surface area contributed by atoms with Crippen molar-refractivity contribution in [2.45, 2.75) is 52.6 Å². The molecular weight excluding hydrogens is 164 g/mol. The van der Waals surface area contributed by atoms with Gasteiger partial charge in [-0.05, 0) is 26.2 Å². The Balaban J connectivity index is 3.05. The molecule has 0 aliphatic carbocycles. The van der Waals surface area contributed by atoms with Gasteiger partial charge < -0.3 is 9.47 Å². The summed E-state index contributed by atoms with van der Waals surface area (Å²) in [4.78, 5) is 0. The molecule has 2 nitrogen and oxygen atoms in total. The Hall–Kier alpha value is -0.0800. The van der Waals surface area contributed by atoms with Gasteiger partial charge in [0, 0.05) is 19.8 Å². The van der Waals surface area contributed by atoms with E-state index in [0.717, 1.165) is 32.7 Å². The minimum Gasteiger partial charge on any atom is -0.381 e. The summed E-state index contributed by atoms with van der Waals surface area (Å²) in [7, 11) is 0. The first-order chi connectivity index (χ1) is 6.31. The number of rotatable bonds is 9. The molecule has 0 aliphatic heterocycles. The highest BCUT2D eigenvalue weighted by Gasteiger charge is 2.00. The van der Waals surface area contributed by atoms with E-state index < -0.39 is 0 Å². The molecule has 2 heteroatoms. The normalized spacial score (nSPS) is 13.2. The van der Waals surface area contributed by atoms with Gasteiger partial charge in [-0.2, -0.15) is 0 Å². The van der Waals surface area contributed by atoms with Gasteiger partial charge in [0.05, 0.1) is 6.10 Å². The lowest BCUT2D eigenvalue weighted by Crippen LogP contribution is -2.12. The first kappa shape index (κ1) is 12.9. The molecule has 0 aromatic heterocycles. The van der Waals surface area contributed by atoms with Crippen LogP contribution in [-0.2, 0) is 9.47 Å². The molecule has 0 aliphatic rings. The number of hydrogen-bond acceptors (Lipinski definition) is 2. The van der Waals surface area contributed by atoms with E-state index in [1.54, 1.807) is 0 Å². The van der Waals surface area contributed by atoms with E-state index in [1.165, 1.54) is 12.8 Å². The Labute approximate surface area is 82.6 Å². The van der Waals surface area contributed by atoms with Gasteiger partial charge in [0.15, 0.2) is 0 Å². The fourth-order valence-electron chi connectivity index (χ4n) is 1.01. The van der Waals surface area contributed by atoms with Crippen molar-refractivity contribution in [2.75, 3.05) is 19.8 Å². The summed E-state index contributed by atoms with van der Waals surface area (Å²) in [5.41, 5.74) is 0. The minimum absolute atomic E-state index is 0.350. The Bertz CT molecular complexity index is 94.1. The quantitative estimate of drug-likeness (QED) is 0.518. The van der Waals surface area contributed by atoms with E-state index in [0.29, 0.717) is 6.10 Å². The molecule has 0 saturated heterocycles. The molecule has 80 valence electrons. The lowest BCUT2D eigenvalue weighted by molar-refractivity contribution is 0.0304. The van der Waals surface area contributed by atoms with Gasteiger partial charge in [-0.1, -0.05) is 20.3 Å². The van der Waals surface area contributed by atoms with Crippen molar-refractivity contribution in [3.63, 3.8) is 0 Å². The predicted octanol–water partition coefficient (Wildman–Crippen LogP) is 3.01. The third-order valence-electron chi connectivity index (χ3n) is 1.92. The average Bonchev–Trinajstić information content (AvgIpc) is 2.13. The van der Waals surface area contributed by atoms with Gasteiger partial charge in [0.25, 0.3) is 0 Å². The molecule has 0 aromatic rings. The molecule has 0 spiro atoms. The Morgan fingerprint density at radius 1 is 1.00 bits per heavy atom. The molecule has 0 radical (unpaired) electrons. The van der Waals surface area contributed by atoms with Crippen molar-refractivity contribution in [1.29, 1.82) is 0 Å². The highest BCUT2D eigenvalue weighted by molar-refractivity contribution is 4.49. The van der Waals surface area contributed by atoms with Crippen molar-refractivity contribution in [3.05, 3.63) is 0 Å². The summed E-state index contributed by atoms with van der Waals surface area (Å²) in [6.07, 6.45) is 4.84. The van der Waals surface area contributed by atoms with Crippen molar-refractivity contribution < 1.29 is 9.47 Å². The number of ether oxygens (including phenoxy) is 2. The van der Waals surface area contributed by atoms with Gasteiger partial charge in [-0.15, -0.1) is 0 Å². The van der Waals surface area contributed by atoms with Crippen LogP contribution in [0.2, 0.25) is 0 Å². The maximum Gasteiger partial charge on any atom is 0.0568 e. The molecule has 0 bridgehead atoms. The second kappa shape index (κ2) is 10.0. The highest BCUT2D eigenvalue weighted by Crippen LogP contribution is 2.00. The Morgan fingerprint density at radius 2 is 1.77 bits per heavy atom. The molecule has 0 aromatic carbocycles. The van der Waals surface area contributed by atoms with Crippen molar-refractivity contribution >= 4 is 0 Å². The van der Waals surface area contributed by atoms with Gasteiger partial charge in [0.2, 0.25) is 0 Å². The molecule has 1 atom stereocenters. The second-order valence-electron chi connectivity index (χ2n) is 3.44. The maximum absolute atomic E-state index is 5.58. The molecule has 0 N–H and O–H groups in total. The first-order valence-corrected chi connectivity index (χ1v) is 5.50. The average molecular weight is 188 g/mol. The first-order valence-electron chi connectivity index (χ1n) is 5.50. The standard InChI is InChI=1S/C11H24O2/c1-4-6-9-13-11(3)7-10-12-8-5-2/h11H,4-10H2,1-3H3. The second-order valence-corrected chi connectivity index (χ2v) is 3.44. The monoisotopic (exact) mass is 188 g/mol. The summed E-state index contributed by atoms with van der Waals surface area (Å²) in [5.74, 6) is 0. The van der Waals surface area contributed by atoms with E-state index >= 15 is 0 Å². The predicted molar refractivity (Wildman–Crippen MR) is 56.0 cm³/mol. The van der Waals surface area contributed by atoms with Crippen LogP contribution in [0.15, 0.2) is 0 Å². The van der Waals surface area contributed by atoms with Gasteiger partial charge in [-0.25, -0.2) is 0 Å². The third kappa shape index (κ3) is 9.84. The van der Waals surface area contributed by atoms with Crippen LogP contribution in [-0.4, -0.2) is 25.9 Å². The van der Waals surface area contributed by atoms with Crippen LogP contribution in [0.25, 0.3) is 0 Å². The largest absolute Gasteiger partial charge is 0.381 e. The SMILES string of the molecule is CCCCOC(C)CCOCCC. The van der Waals surface area contributed by atoms with Gasteiger partial charge in [0.1, 0.15) is 0 Å². The van der Waals surface area contributed by atoms with Crippen LogP contribution < -0.4 is 0 Å². The molecule has 0 rings (SSSR count). The van der Waals surface area contributed by atoms with Gasteiger partial charge in [-0.3, -0.25) is 0 Å². The van der Waals surface area contributed by atoms with Crippen LogP contribution in [0, 0.1) is 0 Å². The van der Waals surface area contributed by atoms with E-state index in [1.807, 2.05) is 0 Å². The highest BCUT2D eigenvalue weighted by atomic mass is 16.5. The van der Waals surface area contributed by atoms with E-state index in [4.69, 9.17) is 9.47 Å². The molecule has 1 unspecified atom stereocenters. The number of hydrogen-bond donors (Lipinski definition) is 0. The summed E-state index contributed by atoms with van der Waals surface area (Å²) >= 11 is 0. The molecule has 0 heterocycles. The summed E-state index contributed by atoms with van der Waals surface area (Å²) in [6.45, 7) is 9.03. The van der Waals surface area contributed by atoms with Crippen LogP contribution in [0.1, 0.15) is 46.5 Å². The summed E-state index contributed by atoms with van der Waals surface area (Å²) in [6, 6.07) is 0. The molecule has 0 fully saturated rings. The zero-order valence-corrected chi connectivity index (χ0v) is 9.34. The van der Waals surface area contributed by atoms with Crippen molar-refractivity contribution in [2.24, 2.45) is 0 Å². The van der Waals surface area contributed by atoms with Crippen LogP contribution >= 0.6 is 0 Å². The third-order valence-corrected chi connectivity index (χ3v) is 1.92. The zero-order valence-electron chi connectivity index (χ0n) is 9.34. The lowest BCUT2D eigenvalue weighted by Gasteiger charge is -2.12. The van der Waals surface area contributed by atoms with Crippen LogP contribution in [0.4, 0.5) is 0 Å². The van der Waals surface area contributed by atoms with Crippen LogP contribution in [0.3, 0.4) is 0 Å². The van der Waals surface area contributed by atoms with Gasteiger partial charge >= 0.3 is 0 Å². The number of unbranched alkanes of at least 4 members (excludes halogenated alkanes) is 1. The smallest absolute Gasteiger partial charge is 0.0568 e. The maximum atomic E-state index is 5.58. The van der Waals surface area contributed by atoms with E-state index in [2.05, 4.69) is 20.8 Å². The summed E-state index contributed by atoms with van der Waals surface area (Å²) < 4.78 is 11.0. The van der Waals surface area contributed by atoms with Crippen molar-refractivity contribution in [3.8, 4) is 0 Å². The molecule has 13 heavy (non-hydrogen) atoms. The van der Waals surface area contributed by atoms with Crippen molar-refractivity contribution in [1.82, 2.24) is 0 Å². The zero-order chi connectivity index (χ0) is 9.94. The molecule has 0 amide bonds. The topological polar surface area (TPSA) is 18.5 Å². The molecular formula is C11H24O2. The van der Waals surface area contributed by atoms with E-state index in [9.17, 15) is 0 Å². The Kier molecular flexibility index (Phi) is 9.94. The Morgan fingerprint density at radius 3 is 2.38 bits per heavy atom. The fourth-order valence-corrected chi connectivity index (χ4v) is 1.01. The fraction of sp³-hybridized carbons (Fsp3) is 1.00. The van der Waals surface area contributed by atoms with Crippen LogP contribution in [0.5, 0.6) is 0 Å². The molecule has 0 saturated carbocycles.